The molecule has 1 aliphatic rings. The third-order valence-electron chi connectivity index (χ3n) is 3.69. The summed E-state index contributed by atoms with van der Waals surface area (Å²) in [5.41, 5.74) is 1.38. The number of nitrogens with zero attached hydrogens (tertiary/aromatic N) is 1. The lowest BCUT2D eigenvalue weighted by atomic mass is 10.2. The van der Waals surface area contributed by atoms with Gasteiger partial charge in [0.05, 0.1) is 12.2 Å². The zero-order valence-electron chi connectivity index (χ0n) is 12.7. The maximum absolute atomic E-state index is 12.4. The van der Waals surface area contributed by atoms with Crippen LogP contribution in [0.15, 0.2) is 54.6 Å². The molecule has 2 amide bonds. The summed E-state index contributed by atoms with van der Waals surface area (Å²) in [5, 5.41) is 2.78. The summed E-state index contributed by atoms with van der Waals surface area (Å²) in [6.07, 6.45) is 0.257. The van der Waals surface area contributed by atoms with Crippen molar-refractivity contribution < 1.29 is 14.3 Å². The second-order valence-electron chi connectivity index (χ2n) is 5.23. The molecule has 2 aromatic carbocycles. The maximum atomic E-state index is 12.4. The number of hydrogen-bond donors (Lipinski definition) is 1. The topological polar surface area (TPSA) is 58.6 Å². The van der Waals surface area contributed by atoms with Gasteiger partial charge in [0, 0.05) is 18.5 Å². The smallest absolute Gasteiger partial charge is 0.251 e. The van der Waals surface area contributed by atoms with Crippen LogP contribution >= 0.6 is 0 Å². The molecule has 2 aromatic rings. The van der Waals surface area contributed by atoms with Gasteiger partial charge in [0.2, 0.25) is 5.91 Å². The first-order valence-electron chi connectivity index (χ1n) is 7.61. The molecule has 5 heteroatoms. The van der Waals surface area contributed by atoms with Crippen molar-refractivity contribution in [1.29, 1.82) is 0 Å². The van der Waals surface area contributed by atoms with Gasteiger partial charge in [0.1, 0.15) is 12.4 Å². The second kappa shape index (κ2) is 6.96. The molecule has 0 radical (unpaired) electrons. The number of benzene rings is 2. The van der Waals surface area contributed by atoms with Gasteiger partial charge < -0.3 is 15.0 Å². The molecule has 0 saturated heterocycles. The van der Waals surface area contributed by atoms with Crippen LogP contribution in [0.25, 0.3) is 0 Å². The monoisotopic (exact) mass is 310 g/mol. The highest BCUT2D eigenvalue weighted by Gasteiger charge is 2.22. The number of nitrogens with one attached hydrogen (secondary N) is 1. The molecule has 0 unspecified atom stereocenters. The van der Waals surface area contributed by atoms with Crippen LogP contribution in [0.2, 0.25) is 0 Å². The van der Waals surface area contributed by atoms with E-state index in [1.165, 1.54) is 0 Å². The summed E-state index contributed by atoms with van der Waals surface area (Å²) in [5.74, 6) is 0.537. The Morgan fingerprint density at radius 2 is 1.78 bits per heavy atom. The molecule has 1 aliphatic heterocycles. The van der Waals surface area contributed by atoms with E-state index in [0.717, 1.165) is 11.4 Å². The minimum Gasteiger partial charge on any atom is -0.490 e. The summed E-state index contributed by atoms with van der Waals surface area (Å²) in [4.78, 5) is 26.1. The van der Waals surface area contributed by atoms with Crippen LogP contribution in [0.3, 0.4) is 0 Å². The molecule has 23 heavy (non-hydrogen) atoms. The van der Waals surface area contributed by atoms with Crippen LogP contribution in [0.4, 0.5) is 5.69 Å². The Kier molecular flexibility index (Phi) is 4.57. The van der Waals surface area contributed by atoms with Crippen molar-refractivity contribution in [2.24, 2.45) is 0 Å². The molecule has 0 spiro atoms. The van der Waals surface area contributed by atoms with E-state index < -0.39 is 0 Å². The number of carbonyl (C=O) groups excluding carboxylic acids is 2. The zero-order valence-corrected chi connectivity index (χ0v) is 12.7. The molecule has 3 rings (SSSR count). The predicted octanol–water partition coefficient (Wildman–Crippen LogP) is 2.23. The van der Waals surface area contributed by atoms with Crippen molar-refractivity contribution in [3.63, 3.8) is 0 Å². The molecular formula is C18H18N2O3. The molecule has 5 nitrogen and oxygen atoms in total. The molecule has 0 atom stereocenters. The first-order valence-corrected chi connectivity index (χ1v) is 7.61. The fourth-order valence-electron chi connectivity index (χ4n) is 2.54. The van der Waals surface area contributed by atoms with E-state index >= 15 is 0 Å². The summed E-state index contributed by atoms with van der Waals surface area (Å²) < 4.78 is 5.54. The Morgan fingerprint density at radius 3 is 2.61 bits per heavy atom. The summed E-state index contributed by atoms with van der Waals surface area (Å²) in [6, 6.07) is 16.5. The summed E-state index contributed by atoms with van der Waals surface area (Å²) in [6.45, 7) is 1.33. The van der Waals surface area contributed by atoms with Crippen LogP contribution in [0, 0.1) is 0 Å². The van der Waals surface area contributed by atoms with Gasteiger partial charge in [-0.25, -0.2) is 0 Å². The highest BCUT2D eigenvalue weighted by Crippen LogP contribution is 2.31. The minimum atomic E-state index is -0.166. The lowest BCUT2D eigenvalue weighted by Crippen LogP contribution is -2.39. The average molecular weight is 310 g/mol. The fraction of sp³-hybridized carbons (Fsp3) is 0.222. The van der Waals surface area contributed by atoms with Gasteiger partial charge in [-0.1, -0.05) is 30.3 Å². The number of para-hydroxylation sites is 2. The van der Waals surface area contributed by atoms with Crippen LogP contribution in [-0.2, 0) is 4.79 Å². The average Bonchev–Trinajstić information content (AvgIpc) is 2.61. The highest BCUT2D eigenvalue weighted by molar-refractivity contribution is 5.97. The number of anilines is 1. The Balaban J connectivity index is 1.55. The van der Waals surface area contributed by atoms with E-state index in [-0.39, 0.29) is 18.2 Å². The van der Waals surface area contributed by atoms with E-state index in [1.807, 2.05) is 42.5 Å². The molecule has 1 N–H and O–H groups in total. The van der Waals surface area contributed by atoms with E-state index in [1.54, 1.807) is 17.0 Å². The lowest BCUT2D eigenvalue weighted by Gasteiger charge is -2.29. The summed E-state index contributed by atoms with van der Waals surface area (Å²) >= 11 is 0. The van der Waals surface area contributed by atoms with Crippen LogP contribution in [0.5, 0.6) is 5.75 Å². The number of fused-ring (bicyclic) bond motifs is 1. The van der Waals surface area contributed by atoms with Gasteiger partial charge in [-0.3, -0.25) is 9.59 Å². The van der Waals surface area contributed by atoms with Crippen molar-refractivity contribution in [1.82, 2.24) is 5.32 Å². The standard InChI is InChI=1S/C18H18N2O3/c21-17(10-11-19-18(22)14-6-2-1-3-7-14)20-12-13-23-16-9-5-4-8-15(16)20/h1-9H,10-13H2,(H,19,22). The van der Waals surface area contributed by atoms with Crippen LogP contribution in [-0.4, -0.2) is 31.5 Å². The first kappa shape index (κ1) is 15.1. The fourth-order valence-corrected chi connectivity index (χ4v) is 2.54. The highest BCUT2D eigenvalue weighted by atomic mass is 16.5. The zero-order chi connectivity index (χ0) is 16.1. The number of carbonyl (C=O) groups is 2. The quantitative estimate of drug-likeness (QED) is 0.942. The first-order chi connectivity index (χ1) is 11.3. The van der Waals surface area contributed by atoms with Gasteiger partial charge >= 0.3 is 0 Å². The maximum Gasteiger partial charge on any atom is 0.251 e. The molecule has 0 aliphatic carbocycles. The Morgan fingerprint density at radius 1 is 1.04 bits per heavy atom. The van der Waals surface area contributed by atoms with Crippen molar-refractivity contribution in [3.8, 4) is 5.75 Å². The predicted molar refractivity (Wildman–Crippen MR) is 87.7 cm³/mol. The molecule has 1 heterocycles. The van der Waals surface area contributed by atoms with E-state index in [9.17, 15) is 9.59 Å². The molecule has 0 bridgehead atoms. The van der Waals surface area contributed by atoms with Crippen LogP contribution in [0.1, 0.15) is 16.8 Å². The van der Waals surface area contributed by atoms with E-state index in [4.69, 9.17) is 4.74 Å². The van der Waals surface area contributed by atoms with Crippen LogP contribution < -0.4 is 15.0 Å². The molecule has 0 fully saturated rings. The lowest BCUT2D eigenvalue weighted by molar-refractivity contribution is -0.118. The molecular weight excluding hydrogens is 292 g/mol. The molecule has 0 saturated carbocycles. The van der Waals surface area contributed by atoms with Crippen molar-refractivity contribution in [3.05, 3.63) is 60.2 Å². The second-order valence-corrected chi connectivity index (χ2v) is 5.23. The SMILES string of the molecule is O=C(NCCC(=O)N1CCOc2ccccc21)c1ccccc1. The number of hydrogen-bond acceptors (Lipinski definition) is 3. The molecule has 0 aromatic heterocycles. The van der Waals surface area contributed by atoms with Gasteiger partial charge in [-0.15, -0.1) is 0 Å². The third-order valence-corrected chi connectivity index (χ3v) is 3.69. The Bertz CT molecular complexity index is 700. The van der Waals surface area contributed by atoms with E-state index in [2.05, 4.69) is 5.32 Å². The van der Waals surface area contributed by atoms with Gasteiger partial charge in [-0.2, -0.15) is 0 Å². The summed E-state index contributed by atoms with van der Waals surface area (Å²) in [7, 11) is 0. The number of rotatable bonds is 4. The third kappa shape index (κ3) is 3.51. The van der Waals surface area contributed by atoms with Crippen molar-refractivity contribution >= 4 is 17.5 Å². The van der Waals surface area contributed by atoms with E-state index in [0.29, 0.717) is 25.3 Å². The van der Waals surface area contributed by atoms with Crippen molar-refractivity contribution in [2.75, 3.05) is 24.6 Å². The Labute approximate surface area is 134 Å². The van der Waals surface area contributed by atoms with Crippen molar-refractivity contribution in [2.45, 2.75) is 6.42 Å². The minimum absolute atomic E-state index is 0.0193. The number of ether oxygens (including phenoxy) is 1. The van der Waals surface area contributed by atoms with Gasteiger partial charge in [0.25, 0.3) is 5.91 Å². The van der Waals surface area contributed by atoms with Gasteiger partial charge in [0.15, 0.2) is 0 Å². The largest absolute Gasteiger partial charge is 0.490 e. The van der Waals surface area contributed by atoms with Gasteiger partial charge in [-0.05, 0) is 24.3 Å². The normalized spacial score (nSPS) is 13.0. The Hall–Kier alpha value is -2.82. The number of amides is 2. The molecule has 118 valence electrons.